The Kier molecular flexibility index (Phi) is 8.12. The molecule has 1 unspecified atom stereocenters. The summed E-state index contributed by atoms with van der Waals surface area (Å²) in [6, 6.07) is 10.8. The van der Waals surface area contributed by atoms with Crippen molar-refractivity contribution in [2.45, 2.75) is 12.5 Å². The number of likely N-dealkylation sites (tertiary alicyclic amines) is 1. The highest BCUT2D eigenvalue weighted by Gasteiger charge is 2.45. The Balaban J connectivity index is 1.76. The summed E-state index contributed by atoms with van der Waals surface area (Å²) >= 11 is 0. The van der Waals surface area contributed by atoms with E-state index in [-0.39, 0.29) is 11.1 Å². The van der Waals surface area contributed by atoms with Crippen molar-refractivity contribution >= 4 is 17.4 Å². The molecule has 2 aliphatic heterocycles. The number of Topliss-reactive ketones (excluding diaryl/α,β-unsaturated/α-hetero) is 1. The number of carbonyl (C=O) groups is 2. The molecule has 0 radical (unpaired) electrons. The van der Waals surface area contributed by atoms with Crippen molar-refractivity contribution in [3.8, 4) is 17.2 Å². The molecule has 4 rings (SSSR count). The highest BCUT2D eigenvalue weighted by atomic mass is 16.5. The molecule has 2 saturated heterocycles. The van der Waals surface area contributed by atoms with E-state index in [1.54, 1.807) is 42.5 Å². The van der Waals surface area contributed by atoms with E-state index < -0.39 is 23.5 Å². The van der Waals surface area contributed by atoms with Crippen LogP contribution >= 0.6 is 0 Å². The lowest BCUT2D eigenvalue weighted by molar-refractivity contribution is -0.908. The quantitative estimate of drug-likeness (QED) is 0.302. The van der Waals surface area contributed by atoms with E-state index in [4.69, 9.17) is 18.9 Å². The third kappa shape index (κ3) is 5.17. The van der Waals surface area contributed by atoms with Gasteiger partial charge in [-0.15, -0.1) is 0 Å². The van der Waals surface area contributed by atoms with Crippen molar-refractivity contribution in [3.05, 3.63) is 59.2 Å². The number of hydrogen-bond donors (Lipinski definition) is 1. The number of morpholine rings is 1. The molecule has 192 valence electrons. The van der Waals surface area contributed by atoms with Crippen molar-refractivity contribution in [1.29, 1.82) is 0 Å². The molecule has 0 spiro atoms. The number of amides is 1. The average molecular weight is 497 g/mol. The van der Waals surface area contributed by atoms with E-state index in [2.05, 4.69) is 0 Å². The molecule has 9 heteroatoms. The summed E-state index contributed by atoms with van der Waals surface area (Å²) in [5.74, 6) is -0.515. The summed E-state index contributed by atoms with van der Waals surface area (Å²) in [5.41, 5.74) is 0.705. The fourth-order valence-electron chi connectivity index (χ4n) is 4.81. The lowest BCUT2D eigenvalue weighted by atomic mass is 9.94. The van der Waals surface area contributed by atoms with E-state index in [1.807, 2.05) is 0 Å². The summed E-state index contributed by atoms with van der Waals surface area (Å²) in [6.45, 7) is 4.41. The molecule has 2 fully saturated rings. The van der Waals surface area contributed by atoms with Crippen LogP contribution in [0.5, 0.6) is 17.2 Å². The van der Waals surface area contributed by atoms with Gasteiger partial charge in [-0.25, -0.2) is 0 Å². The van der Waals surface area contributed by atoms with Crippen molar-refractivity contribution in [2.24, 2.45) is 0 Å². The number of hydrogen-bond acceptors (Lipinski definition) is 7. The van der Waals surface area contributed by atoms with Crippen LogP contribution in [0.4, 0.5) is 0 Å². The molecule has 1 N–H and O–H groups in total. The minimum Gasteiger partial charge on any atom is -0.872 e. The number of carbonyl (C=O) groups excluding carboxylic acids is 2. The van der Waals surface area contributed by atoms with Gasteiger partial charge in [-0.2, -0.15) is 0 Å². The number of methoxy groups -OCH3 is 3. The van der Waals surface area contributed by atoms with Gasteiger partial charge in [0.1, 0.15) is 30.3 Å². The highest BCUT2D eigenvalue weighted by Crippen LogP contribution is 2.43. The molecule has 0 bridgehead atoms. The zero-order chi connectivity index (χ0) is 25.7. The lowest BCUT2D eigenvalue weighted by Gasteiger charge is -2.30. The Hall–Kier alpha value is -3.56. The van der Waals surface area contributed by atoms with E-state index in [0.717, 1.165) is 19.6 Å². The largest absolute Gasteiger partial charge is 0.872 e. The first-order chi connectivity index (χ1) is 17.5. The van der Waals surface area contributed by atoms with Gasteiger partial charge in [0.15, 0.2) is 0 Å². The van der Waals surface area contributed by atoms with Gasteiger partial charge < -0.3 is 33.9 Å². The Morgan fingerprint density at radius 3 is 2.44 bits per heavy atom. The third-order valence-electron chi connectivity index (χ3n) is 6.72. The maximum absolute atomic E-state index is 13.7. The highest BCUT2D eigenvalue weighted by molar-refractivity contribution is 6.46. The second-order valence-corrected chi connectivity index (χ2v) is 8.78. The predicted octanol–water partition coefficient (Wildman–Crippen LogP) is 0.242. The number of nitrogens with one attached hydrogen (secondary N) is 1. The van der Waals surface area contributed by atoms with Gasteiger partial charge in [-0.05, 0) is 35.9 Å². The van der Waals surface area contributed by atoms with Crippen LogP contribution in [0.1, 0.15) is 23.6 Å². The zero-order valence-electron chi connectivity index (χ0n) is 20.9. The standard InChI is InChI=1S/C27H32N2O7/c1-33-19-7-4-6-18(16-19)25(30)23-24(21-17-20(34-2)8-9-22(21)35-3)29(27(32)26(23)31)11-5-10-28-12-14-36-15-13-28/h4,6-9,16-17,24,30H,5,10-15H2,1-3H3/b25-23+. The topological polar surface area (TPSA) is 102 Å². The van der Waals surface area contributed by atoms with Crippen LogP contribution in [0.15, 0.2) is 48.0 Å². The maximum atomic E-state index is 13.7. The number of nitrogens with zero attached hydrogens (tertiary/aromatic N) is 1. The SMILES string of the molecule is COc1cccc(/C([O-])=C2\C(=O)C(=O)N(CCC[NH+]3CCOCC3)C2c2cc(OC)ccc2OC)c1. The summed E-state index contributed by atoms with van der Waals surface area (Å²) in [5, 5.41) is 13.7. The Morgan fingerprint density at radius 1 is 1.03 bits per heavy atom. The van der Waals surface area contributed by atoms with Gasteiger partial charge >= 0.3 is 0 Å². The normalized spacial score (nSPS) is 20.0. The Morgan fingerprint density at radius 2 is 1.75 bits per heavy atom. The van der Waals surface area contributed by atoms with Crippen LogP contribution in [-0.4, -0.2) is 77.3 Å². The van der Waals surface area contributed by atoms with Crippen LogP contribution in [-0.2, 0) is 14.3 Å². The molecule has 2 heterocycles. The maximum Gasteiger partial charge on any atom is 0.295 e. The molecule has 0 aromatic heterocycles. The molecule has 0 aliphatic carbocycles. The lowest BCUT2D eigenvalue weighted by Crippen LogP contribution is -3.14. The molecule has 0 saturated carbocycles. The third-order valence-corrected chi connectivity index (χ3v) is 6.72. The van der Waals surface area contributed by atoms with Crippen molar-refractivity contribution < 1.29 is 38.5 Å². The van der Waals surface area contributed by atoms with Gasteiger partial charge in [0.25, 0.3) is 5.91 Å². The molecular weight excluding hydrogens is 464 g/mol. The van der Waals surface area contributed by atoms with Gasteiger partial charge in [-0.3, -0.25) is 9.59 Å². The molecule has 1 amide bonds. The summed E-state index contributed by atoms with van der Waals surface area (Å²) in [4.78, 5) is 29.5. The molecule has 36 heavy (non-hydrogen) atoms. The molecule has 1 atom stereocenters. The van der Waals surface area contributed by atoms with Crippen LogP contribution in [0.2, 0.25) is 0 Å². The molecule has 2 aliphatic rings. The minimum absolute atomic E-state index is 0.0986. The van der Waals surface area contributed by atoms with Crippen LogP contribution in [0.25, 0.3) is 5.76 Å². The number of ether oxygens (including phenoxy) is 4. The monoisotopic (exact) mass is 496 g/mol. The van der Waals surface area contributed by atoms with Gasteiger partial charge in [0.05, 0.1) is 47.1 Å². The Labute approximate surface area is 210 Å². The van der Waals surface area contributed by atoms with E-state index in [1.165, 1.54) is 31.1 Å². The first-order valence-corrected chi connectivity index (χ1v) is 12.0. The molecular formula is C27H32N2O7. The number of ketones is 1. The van der Waals surface area contributed by atoms with Crippen LogP contribution in [0.3, 0.4) is 0 Å². The van der Waals surface area contributed by atoms with E-state index in [9.17, 15) is 14.7 Å². The number of benzene rings is 2. The average Bonchev–Trinajstić information content (AvgIpc) is 3.17. The van der Waals surface area contributed by atoms with Crippen molar-refractivity contribution in [2.75, 3.05) is 60.7 Å². The summed E-state index contributed by atoms with van der Waals surface area (Å²) < 4.78 is 21.7. The van der Waals surface area contributed by atoms with E-state index >= 15 is 0 Å². The van der Waals surface area contributed by atoms with Crippen molar-refractivity contribution in [3.63, 3.8) is 0 Å². The van der Waals surface area contributed by atoms with Crippen LogP contribution < -0.4 is 24.2 Å². The first kappa shape index (κ1) is 25.5. The van der Waals surface area contributed by atoms with Crippen molar-refractivity contribution in [1.82, 2.24) is 4.90 Å². The molecule has 2 aromatic rings. The molecule has 2 aromatic carbocycles. The summed E-state index contributed by atoms with van der Waals surface area (Å²) in [6.07, 6.45) is 0.678. The van der Waals surface area contributed by atoms with Gasteiger partial charge in [-0.1, -0.05) is 17.9 Å². The zero-order valence-corrected chi connectivity index (χ0v) is 20.9. The second kappa shape index (κ2) is 11.5. The smallest absolute Gasteiger partial charge is 0.295 e. The van der Waals surface area contributed by atoms with Crippen LogP contribution in [0, 0.1) is 0 Å². The predicted molar refractivity (Wildman–Crippen MR) is 130 cm³/mol. The van der Waals surface area contributed by atoms with Gasteiger partial charge in [0.2, 0.25) is 5.78 Å². The summed E-state index contributed by atoms with van der Waals surface area (Å²) in [7, 11) is 4.55. The fraction of sp³-hybridized carbons (Fsp3) is 0.407. The van der Waals surface area contributed by atoms with Gasteiger partial charge in [0, 0.05) is 24.1 Å². The fourth-order valence-corrected chi connectivity index (χ4v) is 4.81. The number of quaternary nitrogens is 1. The van der Waals surface area contributed by atoms with E-state index in [0.29, 0.717) is 49.0 Å². The molecule has 9 nitrogen and oxygen atoms in total. The second-order valence-electron chi connectivity index (χ2n) is 8.78. The Bertz CT molecular complexity index is 1140. The number of rotatable bonds is 9. The first-order valence-electron chi connectivity index (χ1n) is 12.0. The minimum atomic E-state index is -0.895.